The lowest BCUT2D eigenvalue weighted by atomic mass is 9.90. The van der Waals surface area contributed by atoms with Crippen molar-refractivity contribution in [1.29, 1.82) is 0 Å². The normalized spacial score (nSPS) is 18.2. The van der Waals surface area contributed by atoms with Gasteiger partial charge in [-0.15, -0.1) is 0 Å². The van der Waals surface area contributed by atoms with Gasteiger partial charge in [0.1, 0.15) is 6.54 Å². The minimum atomic E-state index is -0.981. The number of carbonyl (C=O) groups is 3. The van der Waals surface area contributed by atoms with Crippen molar-refractivity contribution in [3.05, 3.63) is 52.4 Å². The van der Waals surface area contributed by atoms with E-state index in [0.717, 1.165) is 37.8 Å². The first-order valence-electron chi connectivity index (χ1n) is 11.7. The lowest BCUT2D eigenvalue weighted by molar-refractivity contribution is -0.137. The Morgan fingerprint density at radius 3 is 2.59 bits per heavy atom. The van der Waals surface area contributed by atoms with Crippen molar-refractivity contribution < 1.29 is 19.5 Å². The number of hydrogen-bond acceptors (Lipinski definition) is 4. The van der Waals surface area contributed by atoms with Gasteiger partial charge in [-0.3, -0.25) is 19.1 Å². The van der Waals surface area contributed by atoms with E-state index in [1.54, 1.807) is 35.2 Å². The molecule has 0 spiro atoms. The second-order valence-corrected chi connectivity index (χ2v) is 9.40. The van der Waals surface area contributed by atoms with Crippen molar-refractivity contribution in [2.45, 2.75) is 71.0 Å². The molecule has 1 amide bonds. The molecule has 1 aromatic carbocycles. The maximum atomic E-state index is 13.1. The van der Waals surface area contributed by atoms with E-state index in [4.69, 9.17) is 11.6 Å². The van der Waals surface area contributed by atoms with Gasteiger partial charge in [-0.05, 0) is 57.2 Å². The van der Waals surface area contributed by atoms with E-state index in [0.29, 0.717) is 33.5 Å². The highest BCUT2D eigenvalue weighted by Crippen LogP contribution is 2.31. The first-order chi connectivity index (χ1) is 16.3. The highest BCUT2D eigenvalue weighted by Gasteiger charge is 2.27. The van der Waals surface area contributed by atoms with Crippen LogP contribution in [0.4, 0.5) is 0 Å². The number of halogens is 1. The van der Waals surface area contributed by atoms with Crippen LogP contribution in [0.3, 0.4) is 0 Å². The molecule has 1 aliphatic carbocycles. The fraction of sp³-hybridized carbons (Fsp3) is 0.440. The summed E-state index contributed by atoms with van der Waals surface area (Å²) < 4.78 is 3.51. The average Bonchev–Trinajstić information content (AvgIpc) is 3.34. The fourth-order valence-electron chi connectivity index (χ4n) is 4.88. The molecule has 0 unspecified atom stereocenters. The first kappa shape index (κ1) is 24.0. The number of nitrogens with zero attached hydrogens (tertiary/aromatic N) is 3. The van der Waals surface area contributed by atoms with Crippen LogP contribution in [0.1, 0.15) is 77.9 Å². The molecule has 2 aromatic heterocycles. The summed E-state index contributed by atoms with van der Waals surface area (Å²) in [6.45, 7) is 3.70. The molecule has 1 saturated carbocycles. The smallest absolute Gasteiger partial charge is 0.323 e. The third-order valence-electron chi connectivity index (χ3n) is 6.59. The van der Waals surface area contributed by atoms with E-state index < -0.39 is 5.97 Å². The van der Waals surface area contributed by atoms with Crippen LogP contribution in [0, 0.1) is 6.92 Å². The molecule has 1 fully saturated rings. The van der Waals surface area contributed by atoms with Crippen LogP contribution in [0.25, 0.3) is 10.9 Å². The number of nitrogens with one attached hydrogen (secondary N) is 1. The zero-order valence-electron chi connectivity index (χ0n) is 19.4. The monoisotopic (exact) mass is 484 g/mol. The number of carboxylic acids is 1. The lowest BCUT2D eigenvalue weighted by Crippen LogP contribution is -2.38. The molecule has 2 N–H and O–H groups in total. The van der Waals surface area contributed by atoms with E-state index in [1.165, 1.54) is 0 Å². The van der Waals surface area contributed by atoms with Gasteiger partial charge in [-0.2, -0.15) is 5.10 Å². The number of rotatable bonds is 8. The number of ketones is 1. The van der Waals surface area contributed by atoms with Crippen LogP contribution >= 0.6 is 11.6 Å². The molecular formula is C25H29ClN4O4. The standard InChI is InChI=1S/C25H29ClN4O4/c1-3-4-23(31)20-12-27-30(15(20)2)18-8-6-17(7-9-18)28-25(34)21-13-29(14-24(32)33)22-10-5-16(26)11-19(21)22/h5,10-13,17-18H,3-4,6-9,14H2,1-2H3,(H,28,34)(H,32,33)/t17-,18-. The van der Waals surface area contributed by atoms with Crippen LogP contribution in [-0.2, 0) is 11.3 Å². The Morgan fingerprint density at radius 1 is 1.18 bits per heavy atom. The van der Waals surface area contributed by atoms with Crippen molar-refractivity contribution in [2.24, 2.45) is 0 Å². The minimum absolute atomic E-state index is 0.0119. The first-order valence-corrected chi connectivity index (χ1v) is 12.0. The highest BCUT2D eigenvalue weighted by atomic mass is 35.5. The van der Waals surface area contributed by atoms with Gasteiger partial charge < -0.3 is 15.0 Å². The van der Waals surface area contributed by atoms with Crippen molar-refractivity contribution in [3.63, 3.8) is 0 Å². The van der Waals surface area contributed by atoms with E-state index in [2.05, 4.69) is 10.4 Å². The average molecular weight is 485 g/mol. The second kappa shape index (κ2) is 10.0. The quantitative estimate of drug-likeness (QED) is 0.447. The zero-order valence-corrected chi connectivity index (χ0v) is 20.1. The predicted octanol–water partition coefficient (Wildman–Crippen LogP) is 4.78. The Kier molecular flexibility index (Phi) is 7.07. The molecule has 34 heavy (non-hydrogen) atoms. The van der Waals surface area contributed by atoms with E-state index >= 15 is 0 Å². The lowest BCUT2D eigenvalue weighted by Gasteiger charge is -2.30. The van der Waals surface area contributed by atoms with Crippen LogP contribution < -0.4 is 5.32 Å². The SMILES string of the molecule is CCCC(=O)c1cnn([C@H]2CC[C@H](NC(=O)c3cn(CC(=O)O)c4ccc(Cl)cc34)CC2)c1C. The number of amides is 1. The topological polar surface area (TPSA) is 106 Å². The third-order valence-corrected chi connectivity index (χ3v) is 6.83. The maximum absolute atomic E-state index is 13.1. The van der Waals surface area contributed by atoms with Gasteiger partial charge >= 0.3 is 5.97 Å². The van der Waals surface area contributed by atoms with Crippen molar-refractivity contribution in [1.82, 2.24) is 19.7 Å². The molecule has 0 saturated heterocycles. The number of carbonyl (C=O) groups excluding carboxylic acids is 2. The molecule has 9 heteroatoms. The Labute approximate surface area is 202 Å². The zero-order chi connectivity index (χ0) is 24.4. The molecule has 0 aliphatic heterocycles. The van der Waals surface area contributed by atoms with Gasteiger partial charge in [0.05, 0.1) is 23.4 Å². The molecule has 2 heterocycles. The van der Waals surface area contributed by atoms with Crippen molar-refractivity contribution in [3.8, 4) is 0 Å². The minimum Gasteiger partial charge on any atom is -0.480 e. The number of carboxylic acid groups (broad SMARTS) is 1. The van der Waals surface area contributed by atoms with Gasteiger partial charge in [-0.1, -0.05) is 18.5 Å². The molecule has 4 rings (SSSR count). The number of fused-ring (bicyclic) bond motifs is 1. The summed E-state index contributed by atoms with van der Waals surface area (Å²) >= 11 is 6.14. The van der Waals surface area contributed by atoms with Gasteiger partial charge in [0, 0.05) is 40.3 Å². The fourth-order valence-corrected chi connectivity index (χ4v) is 5.05. The largest absolute Gasteiger partial charge is 0.480 e. The molecule has 0 atom stereocenters. The van der Waals surface area contributed by atoms with Crippen molar-refractivity contribution >= 4 is 40.2 Å². The maximum Gasteiger partial charge on any atom is 0.323 e. The Bertz CT molecular complexity index is 1240. The van der Waals surface area contributed by atoms with Crippen molar-refractivity contribution in [2.75, 3.05) is 0 Å². The van der Waals surface area contributed by atoms with E-state index in [-0.39, 0.29) is 30.3 Å². The van der Waals surface area contributed by atoms with Gasteiger partial charge in [0.2, 0.25) is 0 Å². The van der Waals surface area contributed by atoms with Crippen LogP contribution in [0.15, 0.2) is 30.6 Å². The molecule has 3 aromatic rings. The number of hydrogen-bond donors (Lipinski definition) is 2. The number of aliphatic carboxylic acids is 1. The summed E-state index contributed by atoms with van der Waals surface area (Å²) in [6, 6.07) is 5.32. The Balaban J connectivity index is 1.44. The molecule has 0 radical (unpaired) electrons. The van der Waals surface area contributed by atoms with Gasteiger partial charge in [0.25, 0.3) is 5.91 Å². The van der Waals surface area contributed by atoms with E-state index in [1.807, 2.05) is 18.5 Å². The summed E-state index contributed by atoms with van der Waals surface area (Å²) in [7, 11) is 0. The van der Waals surface area contributed by atoms with Gasteiger partial charge in [-0.25, -0.2) is 0 Å². The molecule has 0 bridgehead atoms. The number of Topliss-reactive ketones (excluding diaryl/α,β-unsaturated/α-hetero) is 1. The number of benzene rings is 1. The van der Waals surface area contributed by atoms with Crippen LogP contribution in [-0.4, -0.2) is 43.2 Å². The highest BCUT2D eigenvalue weighted by molar-refractivity contribution is 6.31. The van der Waals surface area contributed by atoms with E-state index in [9.17, 15) is 19.5 Å². The number of aromatic nitrogens is 3. The molecular weight excluding hydrogens is 456 g/mol. The Hall–Kier alpha value is -3.13. The third kappa shape index (κ3) is 4.87. The summed E-state index contributed by atoms with van der Waals surface area (Å²) in [5, 5.41) is 17.9. The molecule has 180 valence electrons. The molecule has 8 nitrogen and oxygen atoms in total. The van der Waals surface area contributed by atoms with Gasteiger partial charge in [0.15, 0.2) is 5.78 Å². The molecule has 1 aliphatic rings. The summed E-state index contributed by atoms with van der Waals surface area (Å²) in [5.41, 5.74) is 2.69. The summed E-state index contributed by atoms with van der Waals surface area (Å²) in [6.07, 6.45) is 7.89. The summed E-state index contributed by atoms with van der Waals surface area (Å²) in [4.78, 5) is 36.7. The second-order valence-electron chi connectivity index (χ2n) is 8.97. The Morgan fingerprint density at radius 2 is 1.91 bits per heavy atom. The summed E-state index contributed by atoms with van der Waals surface area (Å²) in [5.74, 6) is -1.08. The van der Waals surface area contributed by atoms with Crippen LogP contribution in [0.2, 0.25) is 5.02 Å². The van der Waals surface area contributed by atoms with Crippen LogP contribution in [0.5, 0.6) is 0 Å². The predicted molar refractivity (Wildman–Crippen MR) is 130 cm³/mol.